The molecule has 172 valence electrons. The molecule has 0 amide bonds. The van der Waals surface area contributed by atoms with Gasteiger partial charge in [-0.25, -0.2) is 0 Å². The predicted octanol–water partition coefficient (Wildman–Crippen LogP) is 4.96. The maximum atomic E-state index is 12.5. The second kappa shape index (κ2) is 10.0. The molecule has 1 aromatic heterocycles. The van der Waals surface area contributed by atoms with Crippen LogP contribution in [-0.4, -0.2) is 34.2 Å². The minimum atomic E-state index is -2.98. The number of hydrogen-bond acceptors (Lipinski definition) is 6. The van der Waals surface area contributed by atoms with Crippen molar-refractivity contribution in [2.24, 2.45) is 0 Å². The van der Waals surface area contributed by atoms with E-state index in [1.165, 1.54) is 42.1 Å². The molecule has 10 heteroatoms. The highest BCUT2D eigenvalue weighted by Crippen LogP contribution is 2.26. The minimum Gasteiger partial charge on any atom is -0.496 e. The van der Waals surface area contributed by atoms with E-state index < -0.39 is 11.5 Å². The second-order valence-corrected chi connectivity index (χ2v) is 7.11. The molecule has 0 spiro atoms. The Hall–Kier alpha value is -4.08. The summed E-state index contributed by atoms with van der Waals surface area (Å²) < 4.78 is 36.0. The third-order valence-corrected chi connectivity index (χ3v) is 4.92. The number of hydrogen-bond donors (Lipinski definition) is 0. The third kappa shape index (κ3) is 5.59. The van der Waals surface area contributed by atoms with Gasteiger partial charge in [0.2, 0.25) is 0 Å². The first-order chi connectivity index (χ1) is 15.7. The molecule has 0 saturated carbocycles. The number of carbonyl (C=O) groups excluding carboxylic acids is 1. The zero-order valence-corrected chi connectivity index (χ0v) is 18.1. The Morgan fingerprint density at radius 1 is 1.24 bits per heavy atom. The Bertz CT molecular complexity index is 1220. The van der Waals surface area contributed by atoms with E-state index in [0.717, 1.165) is 0 Å². The third-order valence-electron chi connectivity index (χ3n) is 4.92. The lowest BCUT2D eigenvalue weighted by Crippen LogP contribution is -2.06. The second-order valence-electron chi connectivity index (χ2n) is 7.11. The van der Waals surface area contributed by atoms with Gasteiger partial charge in [-0.15, -0.1) is 0 Å². The molecule has 8 nitrogen and oxygen atoms in total. The van der Waals surface area contributed by atoms with E-state index in [9.17, 15) is 23.7 Å². The summed E-state index contributed by atoms with van der Waals surface area (Å²) >= 11 is 0. The van der Waals surface area contributed by atoms with E-state index >= 15 is 0 Å². The van der Waals surface area contributed by atoms with Crippen molar-refractivity contribution in [1.82, 2.24) is 9.78 Å². The number of alkyl halides is 2. The van der Waals surface area contributed by atoms with Gasteiger partial charge >= 0.3 is 12.3 Å². The van der Waals surface area contributed by atoms with Crippen LogP contribution in [0.4, 0.5) is 14.5 Å². The van der Waals surface area contributed by atoms with Crippen LogP contribution in [0.3, 0.4) is 0 Å². The van der Waals surface area contributed by atoms with E-state index in [1.807, 2.05) is 0 Å². The molecule has 33 heavy (non-hydrogen) atoms. The number of allylic oxidation sites excluding steroid dienone is 1. The van der Waals surface area contributed by atoms with Crippen molar-refractivity contribution in [2.45, 2.75) is 27.0 Å². The molecule has 0 aliphatic carbocycles. The highest BCUT2D eigenvalue weighted by molar-refractivity contribution is 6.07. The molecule has 3 aromatic rings. The van der Waals surface area contributed by atoms with Crippen LogP contribution in [0, 0.1) is 24.0 Å². The average molecular weight is 457 g/mol. The summed E-state index contributed by atoms with van der Waals surface area (Å²) in [5.74, 6) is 0.0711. The fourth-order valence-electron chi connectivity index (χ4n) is 3.39. The number of aromatic nitrogens is 2. The normalized spacial score (nSPS) is 11.2. The lowest BCUT2D eigenvalue weighted by atomic mass is 10.1. The Kier molecular flexibility index (Phi) is 7.17. The number of benzene rings is 2. The molecule has 0 unspecified atom stereocenters. The number of methoxy groups -OCH3 is 1. The number of nitrogens with zero attached hydrogens (tertiary/aromatic N) is 3. The van der Waals surface area contributed by atoms with Gasteiger partial charge in [0, 0.05) is 11.1 Å². The summed E-state index contributed by atoms with van der Waals surface area (Å²) in [4.78, 5) is 23.3. The first-order valence-corrected chi connectivity index (χ1v) is 9.82. The molecule has 3 rings (SSSR count). The van der Waals surface area contributed by atoms with Crippen LogP contribution in [0.5, 0.6) is 11.5 Å². The fraction of sp³-hybridized carbons (Fsp3) is 0.217. The molecular weight excluding hydrogens is 436 g/mol. The molecule has 0 bridgehead atoms. The van der Waals surface area contributed by atoms with Crippen LogP contribution in [0.15, 0.2) is 48.5 Å². The minimum absolute atomic E-state index is 0.0336. The van der Waals surface area contributed by atoms with Crippen LogP contribution in [0.2, 0.25) is 0 Å². The SMILES string of the molecule is COc1ccc(/C=C/C(=O)c2cccc(OC(F)F)c2)cc1Cn1nc(C)c([N+](=O)[O-])c1C. The van der Waals surface area contributed by atoms with Gasteiger partial charge in [-0.2, -0.15) is 13.9 Å². The number of rotatable bonds is 9. The number of carbonyl (C=O) groups is 1. The molecule has 0 aliphatic rings. The van der Waals surface area contributed by atoms with E-state index in [4.69, 9.17) is 4.74 Å². The average Bonchev–Trinajstić information content (AvgIpc) is 3.04. The van der Waals surface area contributed by atoms with Crippen LogP contribution >= 0.6 is 0 Å². The van der Waals surface area contributed by atoms with Gasteiger partial charge in [0.15, 0.2) is 5.78 Å². The van der Waals surface area contributed by atoms with Crippen LogP contribution in [-0.2, 0) is 6.54 Å². The first kappa shape index (κ1) is 23.6. The number of ether oxygens (including phenoxy) is 2. The molecular formula is C23H21F2N3O5. The van der Waals surface area contributed by atoms with Gasteiger partial charge in [-0.05, 0) is 49.8 Å². The molecule has 2 aromatic carbocycles. The molecule has 0 aliphatic heterocycles. The Balaban J connectivity index is 1.84. The lowest BCUT2D eigenvalue weighted by Gasteiger charge is -2.11. The largest absolute Gasteiger partial charge is 0.496 e. The number of halogens is 2. The monoisotopic (exact) mass is 457 g/mol. The van der Waals surface area contributed by atoms with Crippen molar-refractivity contribution in [2.75, 3.05) is 7.11 Å². The number of ketones is 1. The van der Waals surface area contributed by atoms with Gasteiger partial charge in [0.25, 0.3) is 0 Å². The molecule has 0 N–H and O–H groups in total. The summed E-state index contributed by atoms with van der Waals surface area (Å²) in [6.45, 7) is 0.447. The van der Waals surface area contributed by atoms with Crippen molar-refractivity contribution >= 4 is 17.5 Å². The number of nitro groups is 1. The summed E-state index contributed by atoms with van der Waals surface area (Å²) in [6, 6.07) is 10.8. The summed E-state index contributed by atoms with van der Waals surface area (Å²) in [6.07, 6.45) is 2.90. The maximum absolute atomic E-state index is 12.5. The predicted molar refractivity (Wildman–Crippen MR) is 117 cm³/mol. The molecule has 1 heterocycles. The van der Waals surface area contributed by atoms with Crippen LogP contribution in [0.25, 0.3) is 6.08 Å². The lowest BCUT2D eigenvalue weighted by molar-refractivity contribution is -0.386. The van der Waals surface area contributed by atoms with Gasteiger partial charge in [0.1, 0.15) is 22.9 Å². The topological polar surface area (TPSA) is 96.5 Å². The summed E-state index contributed by atoms with van der Waals surface area (Å²) in [7, 11) is 1.51. The van der Waals surface area contributed by atoms with Gasteiger partial charge in [0.05, 0.1) is 18.6 Å². The summed E-state index contributed by atoms with van der Waals surface area (Å²) in [5.41, 5.74) is 2.29. The quantitative estimate of drug-likeness (QED) is 0.195. The molecule has 0 fully saturated rings. The van der Waals surface area contributed by atoms with Crippen LogP contribution in [0.1, 0.15) is 32.9 Å². The zero-order chi connectivity index (χ0) is 24.1. The van der Waals surface area contributed by atoms with Crippen molar-refractivity contribution in [1.29, 1.82) is 0 Å². The van der Waals surface area contributed by atoms with E-state index in [-0.39, 0.29) is 29.3 Å². The Labute approximate surface area is 188 Å². The van der Waals surface area contributed by atoms with Crippen molar-refractivity contribution in [3.05, 3.63) is 86.7 Å². The maximum Gasteiger partial charge on any atom is 0.387 e. The van der Waals surface area contributed by atoms with E-state index in [0.29, 0.717) is 28.3 Å². The van der Waals surface area contributed by atoms with E-state index in [2.05, 4.69) is 9.84 Å². The standard InChI is InChI=1S/C23H21F2N3O5/c1-14-22(28(30)31)15(2)27(26-14)13-18-11-16(8-10-21(18)32-3)7-9-20(29)17-5-4-6-19(12-17)33-23(24)25/h4-12,23H,13H2,1-3H3/b9-7+. The van der Waals surface area contributed by atoms with Gasteiger partial charge in [-0.3, -0.25) is 19.6 Å². The Morgan fingerprint density at radius 3 is 2.64 bits per heavy atom. The van der Waals surface area contributed by atoms with Crippen LogP contribution < -0.4 is 9.47 Å². The van der Waals surface area contributed by atoms with Gasteiger partial charge in [-0.1, -0.05) is 24.3 Å². The Morgan fingerprint density at radius 2 is 2.00 bits per heavy atom. The fourth-order valence-corrected chi connectivity index (χ4v) is 3.39. The zero-order valence-electron chi connectivity index (χ0n) is 18.1. The van der Waals surface area contributed by atoms with Crippen molar-refractivity contribution in [3.8, 4) is 11.5 Å². The van der Waals surface area contributed by atoms with E-state index in [1.54, 1.807) is 38.1 Å². The van der Waals surface area contributed by atoms with Crippen molar-refractivity contribution in [3.63, 3.8) is 0 Å². The van der Waals surface area contributed by atoms with Crippen molar-refractivity contribution < 1.29 is 28.0 Å². The highest BCUT2D eigenvalue weighted by Gasteiger charge is 2.22. The highest BCUT2D eigenvalue weighted by atomic mass is 19.3. The first-order valence-electron chi connectivity index (χ1n) is 9.82. The summed E-state index contributed by atoms with van der Waals surface area (Å²) in [5, 5.41) is 15.5. The smallest absolute Gasteiger partial charge is 0.387 e. The molecule has 0 saturated heterocycles. The molecule has 0 radical (unpaired) electrons. The van der Waals surface area contributed by atoms with Gasteiger partial charge < -0.3 is 9.47 Å². The number of aryl methyl sites for hydroxylation is 1. The molecule has 0 atom stereocenters.